The van der Waals surface area contributed by atoms with Crippen LogP contribution in [0.15, 0.2) is 78.9 Å². The first-order valence-corrected chi connectivity index (χ1v) is 9.29. The molecule has 3 aromatic carbocycles. The second-order valence-corrected chi connectivity index (χ2v) is 6.56. The monoisotopic (exact) mass is 376 g/mol. The maximum absolute atomic E-state index is 11.9. The van der Waals surface area contributed by atoms with Gasteiger partial charge in [-0.3, -0.25) is 4.79 Å². The van der Waals surface area contributed by atoms with E-state index in [1.54, 1.807) is 7.11 Å². The molecule has 0 aromatic heterocycles. The molecule has 0 saturated heterocycles. The van der Waals surface area contributed by atoms with Crippen LogP contribution in [-0.4, -0.2) is 24.8 Å². The Morgan fingerprint density at radius 3 is 2.29 bits per heavy atom. The van der Waals surface area contributed by atoms with Crippen molar-refractivity contribution in [1.82, 2.24) is 0 Å². The Morgan fingerprint density at radius 1 is 0.964 bits per heavy atom. The van der Waals surface area contributed by atoms with Crippen LogP contribution in [0.4, 0.5) is 0 Å². The quantitative estimate of drug-likeness (QED) is 0.587. The molecule has 1 N–H and O–H groups in total. The Hall–Kier alpha value is -3.27. The Morgan fingerprint density at radius 2 is 1.64 bits per heavy atom. The van der Waals surface area contributed by atoms with Gasteiger partial charge in [0.25, 0.3) is 0 Å². The smallest absolute Gasteiger partial charge is 0.311 e. The predicted octanol–water partition coefficient (Wildman–Crippen LogP) is 4.73. The average molecular weight is 376 g/mol. The number of rotatable bonds is 9. The van der Waals surface area contributed by atoms with Gasteiger partial charge in [0.2, 0.25) is 0 Å². The highest BCUT2D eigenvalue weighted by Crippen LogP contribution is 2.30. The summed E-state index contributed by atoms with van der Waals surface area (Å²) >= 11 is 0. The van der Waals surface area contributed by atoms with Crippen molar-refractivity contribution in [2.75, 3.05) is 13.7 Å². The standard InChI is InChI=1S/C24H24O4/c1-27-21-13-12-20(16-22(24(25)26)19-10-6-3-7-11-19)23(17-21)28-15-14-18-8-4-2-5-9-18/h2-13,17,22H,14-16H2,1H3,(H,25,26). The van der Waals surface area contributed by atoms with Crippen molar-refractivity contribution < 1.29 is 19.4 Å². The van der Waals surface area contributed by atoms with Crippen molar-refractivity contribution >= 4 is 5.97 Å². The molecule has 0 aliphatic heterocycles. The third-order valence-electron chi connectivity index (χ3n) is 4.69. The lowest BCUT2D eigenvalue weighted by Crippen LogP contribution is -2.15. The summed E-state index contributed by atoms with van der Waals surface area (Å²) in [7, 11) is 1.60. The van der Waals surface area contributed by atoms with E-state index in [1.807, 2.05) is 66.7 Å². The van der Waals surface area contributed by atoms with E-state index in [-0.39, 0.29) is 0 Å². The number of ether oxygens (including phenoxy) is 2. The average Bonchev–Trinajstić information content (AvgIpc) is 2.73. The van der Waals surface area contributed by atoms with Gasteiger partial charge in [-0.2, -0.15) is 0 Å². The molecule has 4 nitrogen and oxygen atoms in total. The number of carboxylic acid groups (broad SMARTS) is 1. The van der Waals surface area contributed by atoms with Crippen molar-refractivity contribution in [1.29, 1.82) is 0 Å². The molecule has 1 atom stereocenters. The van der Waals surface area contributed by atoms with E-state index >= 15 is 0 Å². The zero-order chi connectivity index (χ0) is 19.8. The maximum atomic E-state index is 11.9. The number of carbonyl (C=O) groups is 1. The molecular formula is C24H24O4. The van der Waals surface area contributed by atoms with Crippen LogP contribution >= 0.6 is 0 Å². The minimum atomic E-state index is -0.850. The molecule has 0 radical (unpaired) electrons. The summed E-state index contributed by atoms with van der Waals surface area (Å²) in [6, 6.07) is 24.9. The molecule has 0 aliphatic carbocycles. The molecule has 28 heavy (non-hydrogen) atoms. The third-order valence-corrected chi connectivity index (χ3v) is 4.69. The van der Waals surface area contributed by atoms with E-state index in [9.17, 15) is 9.90 Å². The van der Waals surface area contributed by atoms with Crippen LogP contribution in [0.25, 0.3) is 0 Å². The zero-order valence-electron chi connectivity index (χ0n) is 15.9. The van der Waals surface area contributed by atoms with E-state index in [2.05, 4.69) is 12.1 Å². The minimum Gasteiger partial charge on any atom is -0.497 e. The minimum absolute atomic E-state index is 0.351. The number of aliphatic carboxylic acids is 1. The Kier molecular flexibility index (Phi) is 6.68. The topological polar surface area (TPSA) is 55.8 Å². The molecule has 0 bridgehead atoms. The molecule has 0 spiro atoms. The molecule has 3 aromatic rings. The number of hydrogen-bond donors (Lipinski definition) is 1. The normalized spacial score (nSPS) is 11.6. The third kappa shape index (κ3) is 5.13. The maximum Gasteiger partial charge on any atom is 0.311 e. The predicted molar refractivity (Wildman–Crippen MR) is 109 cm³/mol. The Balaban J connectivity index is 1.78. The van der Waals surface area contributed by atoms with Gasteiger partial charge in [0, 0.05) is 12.5 Å². The number of hydrogen-bond acceptors (Lipinski definition) is 3. The fourth-order valence-corrected chi connectivity index (χ4v) is 3.14. The first kappa shape index (κ1) is 19.5. The van der Waals surface area contributed by atoms with Crippen molar-refractivity contribution in [2.24, 2.45) is 0 Å². The molecule has 0 fully saturated rings. The Bertz CT molecular complexity index is 891. The fourth-order valence-electron chi connectivity index (χ4n) is 3.14. The van der Waals surface area contributed by atoms with Gasteiger partial charge in [0.05, 0.1) is 19.6 Å². The SMILES string of the molecule is COc1ccc(CC(C(=O)O)c2ccccc2)c(OCCc2ccccc2)c1. The van der Waals surface area contributed by atoms with Gasteiger partial charge >= 0.3 is 5.97 Å². The summed E-state index contributed by atoms with van der Waals surface area (Å²) in [4.78, 5) is 11.9. The van der Waals surface area contributed by atoms with Crippen LogP contribution in [0.2, 0.25) is 0 Å². The highest BCUT2D eigenvalue weighted by atomic mass is 16.5. The van der Waals surface area contributed by atoms with E-state index in [1.165, 1.54) is 5.56 Å². The highest BCUT2D eigenvalue weighted by molar-refractivity contribution is 5.76. The van der Waals surface area contributed by atoms with Gasteiger partial charge in [0.15, 0.2) is 0 Å². The first-order valence-electron chi connectivity index (χ1n) is 9.29. The molecular weight excluding hydrogens is 352 g/mol. The number of methoxy groups -OCH3 is 1. The van der Waals surface area contributed by atoms with Crippen LogP contribution in [-0.2, 0) is 17.6 Å². The summed E-state index contributed by atoms with van der Waals surface area (Å²) in [5.41, 5.74) is 2.82. The lowest BCUT2D eigenvalue weighted by molar-refractivity contribution is -0.138. The summed E-state index contributed by atoms with van der Waals surface area (Å²) in [6.07, 6.45) is 1.13. The lowest BCUT2D eigenvalue weighted by atomic mass is 9.91. The molecule has 4 heteroatoms. The van der Waals surface area contributed by atoms with Crippen LogP contribution in [0, 0.1) is 0 Å². The van der Waals surface area contributed by atoms with Crippen molar-refractivity contribution in [3.05, 3.63) is 95.6 Å². The van der Waals surface area contributed by atoms with Gasteiger partial charge in [-0.1, -0.05) is 66.7 Å². The first-order chi connectivity index (χ1) is 13.7. The second-order valence-electron chi connectivity index (χ2n) is 6.56. The van der Waals surface area contributed by atoms with Crippen molar-refractivity contribution in [3.8, 4) is 11.5 Å². The largest absolute Gasteiger partial charge is 0.497 e. The summed E-state index contributed by atoms with van der Waals surface area (Å²) in [6.45, 7) is 0.507. The zero-order valence-corrected chi connectivity index (χ0v) is 15.9. The summed E-state index contributed by atoms with van der Waals surface area (Å²) < 4.78 is 11.3. The van der Waals surface area contributed by atoms with Gasteiger partial charge in [0.1, 0.15) is 11.5 Å². The molecule has 1 unspecified atom stereocenters. The molecule has 144 valence electrons. The van der Waals surface area contributed by atoms with Gasteiger partial charge < -0.3 is 14.6 Å². The molecule has 0 saturated carbocycles. The van der Waals surface area contributed by atoms with Crippen LogP contribution < -0.4 is 9.47 Å². The fraction of sp³-hybridized carbons (Fsp3) is 0.208. The lowest BCUT2D eigenvalue weighted by Gasteiger charge is -2.17. The highest BCUT2D eigenvalue weighted by Gasteiger charge is 2.22. The van der Waals surface area contributed by atoms with Crippen molar-refractivity contribution in [3.63, 3.8) is 0 Å². The van der Waals surface area contributed by atoms with Gasteiger partial charge in [-0.25, -0.2) is 0 Å². The Labute approximate surface area is 165 Å². The molecule has 0 amide bonds. The second kappa shape index (κ2) is 9.60. The van der Waals surface area contributed by atoms with E-state index in [0.29, 0.717) is 24.5 Å². The van der Waals surface area contributed by atoms with Crippen molar-refractivity contribution in [2.45, 2.75) is 18.8 Å². The molecule has 0 heterocycles. The van der Waals surface area contributed by atoms with E-state index in [4.69, 9.17) is 9.47 Å². The van der Waals surface area contributed by atoms with Crippen LogP contribution in [0.1, 0.15) is 22.6 Å². The van der Waals surface area contributed by atoms with Crippen LogP contribution in [0.5, 0.6) is 11.5 Å². The van der Waals surface area contributed by atoms with Gasteiger partial charge in [-0.15, -0.1) is 0 Å². The van der Waals surface area contributed by atoms with E-state index < -0.39 is 11.9 Å². The summed E-state index contributed by atoms with van der Waals surface area (Å²) in [5.74, 6) is -0.133. The van der Waals surface area contributed by atoms with Gasteiger partial charge in [-0.05, 0) is 29.2 Å². The number of benzene rings is 3. The molecule has 3 rings (SSSR count). The molecule has 0 aliphatic rings. The number of carboxylic acids is 1. The van der Waals surface area contributed by atoms with E-state index in [0.717, 1.165) is 17.5 Å². The van der Waals surface area contributed by atoms with Crippen LogP contribution in [0.3, 0.4) is 0 Å². The summed E-state index contributed by atoms with van der Waals surface area (Å²) in [5, 5.41) is 9.74.